The lowest BCUT2D eigenvalue weighted by atomic mass is 10.2. The van der Waals surface area contributed by atoms with Gasteiger partial charge in [-0.3, -0.25) is 9.59 Å². The molecule has 1 amide bonds. The van der Waals surface area contributed by atoms with Gasteiger partial charge in [-0.1, -0.05) is 0 Å². The molecular weight excluding hydrogens is 365 g/mol. The van der Waals surface area contributed by atoms with Crippen molar-refractivity contribution in [3.05, 3.63) is 69.5 Å². The number of rotatable bonds is 5. The highest BCUT2D eigenvalue weighted by molar-refractivity contribution is 7.94. The first-order valence-corrected chi connectivity index (χ1v) is 9.22. The van der Waals surface area contributed by atoms with Gasteiger partial charge in [-0.15, -0.1) is 0 Å². The van der Waals surface area contributed by atoms with Gasteiger partial charge >= 0.3 is 0 Å². The number of aromatic nitrogens is 2. The summed E-state index contributed by atoms with van der Waals surface area (Å²) in [6.45, 7) is -0.0770. The number of aromatic amines is 1. The third-order valence-corrected chi connectivity index (χ3v) is 4.93. The number of carbonyl (C=O) groups excluding carboxylic acids is 1. The van der Waals surface area contributed by atoms with Crippen LogP contribution in [0.4, 0.5) is 4.39 Å². The molecule has 0 radical (unpaired) electrons. The first kappa shape index (κ1) is 17.8. The third kappa shape index (κ3) is 4.33. The molecule has 0 fully saturated rings. The number of hydrogen-bond acceptors (Lipinski definition) is 6. The fourth-order valence-electron chi connectivity index (χ4n) is 2.26. The molecule has 1 atom stereocenters. The molecule has 1 aliphatic heterocycles. The number of hydrogen-bond donors (Lipinski definition) is 2. The highest BCUT2D eigenvalue weighted by Crippen LogP contribution is 2.12. The molecule has 26 heavy (non-hydrogen) atoms. The van der Waals surface area contributed by atoms with Crippen LogP contribution in [0.2, 0.25) is 0 Å². The Balaban J connectivity index is 1.63. The third-order valence-electron chi connectivity index (χ3n) is 3.53. The van der Waals surface area contributed by atoms with Crippen molar-refractivity contribution in [1.29, 1.82) is 0 Å². The maximum Gasteiger partial charge on any atom is 0.263 e. The van der Waals surface area contributed by atoms with E-state index in [2.05, 4.69) is 15.3 Å². The van der Waals surface area contributed by atoms with Crippen molar-refractivity contribution in [1.82, 2.24) is 15.3 Å². The summed E-state index contributed by atoms with van der Waals surface area (Å²) in [6.07, 6.45) is 2.43. The topological polar surface area (TPSA) is 118 Å². The lowest BCUT2D eigenvalue weighted by Gasteiger charge is -2.10. The van der Waals surface area contributed by atoms with Crippen molar-refractivity contribution in [3.63, 3.8) is 0 Å². The number of nitrogens with one attached hydrogen (secondary N) is 2. The smallest absolute Gasteiger partial charge is 0.263 e. The predicted molar refractivity (Wildman–Crippen MR) is 89.8 cm³/mol. The van der Waals surface area contributed by atoms with Gasteiger partial charge in [-0.05, 0) is 30.3 Å². The van der Waals surface area contributed by atoms with Crippen LogP contribution in [0, 0.1) is 5.82 Å². The van der Waals surface area contributed by atoms with Crippen LogP contribution < -0.4 is 15.6 Å². The Hall–Kier alpha value is -3.01. The molecule has 3 rings (SSSR count). The second-order valence-corrected chi connectivity index (χ2v) is 7.48. The maximum atomic E-state index is 12.8. The number of nitrogens with zero attached hydrogens (tertiary/aromatic N) is 1. The van der Waals surface area contributed by atoms with Gasteiger partial charge in [0.15, 0.2) is 9.84 Å². The van der Waals surface area contributed by atoms with E-state index in [1.165, 1.54) is 30.3 Å². The van der Waals surface area contributed by atoms with Gasteiger partial charge in [0, 0.05) is 11.6 Å². The summed E-state index contributed by atoms with van der Waals surface area (Å²) in [5.74, 6) is -0.793. The van der Waals surface area contributed by atoms with Gasteiger partial charge in [0.1, 0.15) is 29.6 Å². The van der Waals surface area contributed by atoms with E-state index in [4.69, 9.17) is 4.74 Å². The first-order valence-electron chi connectivity index (χ1n) is 7.51. The molecule has 2 heterocycles. The molecule has 1 aromatic heterocycles. The summed E-state index contributed by atoms with van der Waals surface area (Å²) < 4.78 is 40.8. The highest BCUT2D eigenvalue weighted by atomic mass is 32.2. The van der Waals surface area contributed by atoms with Crippen LogP contribution in [-0.4, -0.2) is 36.1 Å². The number of amides is 1. The first-order chi connectivity index (χ1) is 12.3. The zero-order valence-electron chi connectivity index (χ0n) is 13.3. The van der Waals surface area contributed by atoms with Crippen LogP contribution in [0.3, 0.4) is 0 Å². The van der Waals surface area contributed by atoms with Gasteiger partial charge in [0.05, 0.1) is 11.8 Å². The minimum Gasteiger partial charge on any atom is -0.486 e. The standard InChI is InChI=1S/C16H14FN3O5S/c17-10-1-3-12(4-2-10)25-8-14-18-7-13(16(22)20-14)15(21)19-11-5-6-26(23,24)9-11/h1-7,11H,8-9H2,(H,19,21)(H,18,20,22). The van der Waals surface area contributed by atoms with Crippen molar-refractivity contribution < 1.29 is 22.3 Å². The molecule has 136 valence electrons. The van der Waals surface area contributed by atoms with Crippen molar-refractivity contribution in [2.75, 3.05) is 5.75 Å². The largest absolute Gasteiger partial charge is 0.486 e. The molecule has 2 aromatic rings. The van der Waals surface area contributed by atoms with Crippen LogP contribution in [0.15, 0.2) is 46.7 Å². The number of carbonyl (C=O) groups is 1. The molecule has 0 spiro atoms. The Labute approximate surface area is 147 Å². The van der Waals surface area contributed by atoms with Crippen LogP contribution >= 0.6 is 0 Å². The molecule has 0 aliphatic carbocycles. The van der Waals surface area contributed by atoms with E-state index in [1.807, 2.05) is 0 Å². The van der Waals surface area contributed by atoms with Crippen molar-refractivity contribution >= 4 is 15.7 Å². The monoisotopic (exact) mass is 379 g/mol. The Morgan fingerprint density at radius 1 is 1.35 bits per heavy atom. The van der Waals surface area contributed by atoms with E-state index in [0.29, 0.717) is 5.75 Å². The number of ether oxygens (including phenoxy) is 1. The minimum atomic E-state index is -3.31. The van der Waals surface area contributed by atoms with Crippen LogP contribution in [0.25, 0.3) is 0 Å². The lowest BCUT2D eigenvalue weighted by molar-refractivity contribution is 0.0945. The molecule has 1 aliphatic rings. The van der Waals surface area contributed by atoms with Crippen molar-refractivity contribution in [2.45, 2.75) is 12.6 Å². The Kier molecular flexibility index (Phi) is 4.85. The van der Waals surface area contributed by atoms with E-state index >= 15 is 0 Å². The molecule has 8 nitrogen and oxygen atoms in total. The summed E-state index contributed by atoms with van der Waals surface area (Å²) in [7, 11) is -3.31. The second kappa shape index (κ2) is 7.08. The second-order valence-electron chi connectivity index (χ2n) is 5.55. The van der Waals surface area contributed by atoms with E-state index < -0.39 is 33.2 Å². The highest BCUT2D eigenvalue weighted by Gasteiger charge is 2.24. The summed E-state index contributed by atoms with van der Waals surface area (Å²) in [5, 5.41) is 3.47. The summed E-state index contributed by atoms with van der Waals surface area (Å²) >= 11 is 0. The maximum absolute atomic E-state index is 12.8. The summed E-state index contributed by atoms with van der Waals surface area (Å²) in [4.78, 5) is 30.5. The molecular formula is C16H14FN3O5S. The number of halogens is 1. The van der Waals surface area contributed by atoms with E-state index in [0.717, 1.165) is 11.6 Å². The van der Waals surface area contributed by atoms with Gasteiger partial charge < -0.3 is 15.0 Å². The number of H-pyrrole nitrogens is 1. The average molecular weight is 379 g/mol. The molecule has 0 bridgehead atoms. The molecule has 0 saturated heterocycles. The van der Waals surface area contributed by atoms with Crippen molar-refractivity contribution in [2.24, 2.45) is 0 Å². The number of benzene rings is 1. The fraction of sp³-hybridized carbons (Fsp3) is 0.188. The Morgan fingerprint density at radius 2 is 2.08 bits per heavy atom. The van der Waals surface area contributed by atoms with E-state index in [9.17, 15) is 22.4 Å². The van der Waals surface area contributed by atoms with Gasteiger partial charge in [0.25, 0.3) is 11.5 Å². The minimum absolute atomic E-state index is 0.0770. The van der Waals surface area contributed by atoms with Crippen LogP contribution in [0.5, 0.6) is 5.75 Å². The SMILES string of the molecule is O=C(NC1C=CS(=O)(=O)C1)c1cnc(COc2ccc(F)cc2)[nH]c1=O. The Bertz CT molecular complexity index is 1010. The Morgan fingerprint density at radius 3 is 2.69 bits per heavy atom. The van der Waals surface area contributed by atoms with Crippen LogP contribution in [-0.2, 0) is 16.4 Å². The zero-order chi connectivity index (χ0) is 18.7. The molecule has 1 unspecified atom stereocenters. The summed E-state index contributed by atoms with van der Waals surface area (Å²) in [6, 6.07) is 4.64. The summed E-state index contributed by atoms with van der Waals surface area (Å²) in [5.41, 5.74) is -0.923. The van der Waals surface area contributed by atoms with Gasteiger partial charge in [-0.25, -0.2) is 17.8 Å². The average Bonchev–Trinajstić information content (AvgIpc) is 2.93. The van der Waals surface area contributed by atoms with Crippen LogP contribution in [0.1, 0.15) is 16.2 Å². The van der Waals surface area contributed by atoms with E-state index in [1.54, 1.807) is 0 Å². The van der Waals surface area contributed by atoms with Gasteiger partial charge in [-0.2, -0.15) is 0 Å². The zero-order valence-corrected chi connectivity index (χ0v) is 14.1. The predicted octanol–water partition coefficient (Wildman–Crippen LogP) is 0.528. The molecule has 10 heteroatoms. The fourth-order valence-corrected chi connectivity index (χ4v) is 3.50. The normalized spacial score (nSPS) is 17.8. The molecule has 2 N–H and O–H groups in total. The van der Waals surface area contributed by atoms with Gasteiger partial charge in [0.2, 0.25) is 0 Å². The van der Waals surface area contributed by atoms with E-state index in [-0.39, 0.29) is 23.7 Å². The lowest BCUT2D eigenvalue weighted by Crippen LogP contribution is -2.38. The number of sulfone groups is 1. The molecule has 0 saturated carbocycles. The quantitative estimate of drug-likeness (QED) is 0.782. The molecule has 1 aromatic carbocycles. The van der Waals surface area contributed by atoms with Crippen molar-refractivity contribution in [3.8, 4) is 5.75 Å².